The zero-order valence-electron chi connectivity index (χ0n) is 14.1. The number of amides is 2. The third-order valence-electron chi connectivity index (χ3n) is 3.95. The molecule has 1 atom stereocenters. The average Bonchev–Trinajstić information content (AvgIpc) is 2.70. The van der Waals surface area contributed by atoms with Crippen LogP contribution in [0.4, 0.5) is 5.69 Å². The van der Waals surface area contributed by atoms with E-state index < -0.39 is 30.5 Å². The summed E-state index contributed by atoms with van der Waals surface area (Å²) in [6.45, 7) is -0.609. The molecule has 1 aliphatic heterocycles. The fourth-order valence-electron chi connectivity index (χ4n) is 2.62. The molecule has 2 amide bonds. The molecule has 0 fully saturated rings. The Hall–Kier alpha value is -3.86. The van der Waals surface area contributed by atoms with Crippen LogP contribution in [0.3, 0.4) is 0 Å². The summed E-state index contributed by atoms with van der Waals surface area (Å²) >= 11 is 0. The molecule has 1 heterocycles. The number of hydrogen-bond donors (Lipinski definition) is 1. The Morgan fingerprint density at radius 2 is 2.00 bits per heavy atom. The van der Waals surface area contributed by atoms with Gasteiger partial charge < -0.3 is 20.1 Å². The van der Waals surface area contributed by atoms with E-state index in [1.807, 2.05) is 6.07 Å². The predicted molar refractivity (Wildman–Crippen MR) is 93.8 cm³/mol. The zero-order chi connectivity index (χ0) is 19.4. The molecule has 0 aromatic heterocycles. The molecular formula is C19H15N3O5. The van der Waals surface area contributed by atoms with Gasteiger partial charge in [-0.1, -0.05) is 18.2 Å². The van der Waals surface area contributed by atoms with Gasteiger partial charge in [0.1, 0.15) is 5.75 Å². The Morgan fingerprint density at radius 1 is 1.22 bits per heavy atom. The van der Waals surface area contributed by atoms with Gasteiger partial charge in [0.25, 0.3) is 11.8 Å². The van der Waals surface area contributed by atoms with E-state index in [1.54, 1.807) is 36.4 Å². The number of carbonyl (C=O) groups excluding carboxylic acids is 3. The number of nitrogens with zero attached hydrogens (tertiary/aromatic N) is 2. The van der Waals surface area contributed by atoms with E-state index in [4.69, 9.17) is 20.5 Å². The number of para-hydroxylation sites is 2. The van der Waals surface area contributed by atoms with Crippen molar-refractivity contribution in [2.75, 3.05) is 18.1 Å². The first-order valence-corrected chi connectivity index (χ1v) is 8.02. The first-order chi connectivity index (χ1) is 13.0. The van der Waals surface area contributed by atoms with Crippen molar-refractivity contribution in [3.05, 3.63) is 59.7 Å². The Morgan fingerprint density at radius 3 is 2.74 bits per heavy atom. The minimum atomic E-state index is -0.994. The van der Waals surface area contributed by atoms with Crippen LogP contribution in [-0.4, -0.2) is 37.0 Å². The number of fused-ring (bicyclic) bond motifs is 1. The Balaban J connectivity index is 1.72. The van der Waals surface area contributed by atoms with E-state index in [9.17, 15) is 14.4 Å². The molecule has 2 aromatic rings. The number of hydrogen-bond acceptors (Lipinski definition) is 6. The van der Waals surface area contributed by atoms with Crippen LogP contribution < -0.4 is 15.4 Å². The first-order valence-electron chi connectivity index (χ1n) is 8.02. The van der Waals surface area contributed by atoms with Crippen LogP contribution in [0.2, 0.25) is 0 Å². The van der Waals surface area contributed by atoms with Crippen LogP contribution in [0.5, 0.6) is 5.75 Å². The molecule has 0 saturated carbocycles. The molecule has 1 aliphatic rings. The monoisotopic (exact) mass is 365 g/mol. The molecule has 0 saturated heterocycles. The molecule has 0 bridgehead atoms. The molecule has 136 valence electrons. The third kappa shape index (κ3) is 3.88. The van der Waals surface area contributed by atoms with Gasteiger partial charge in [0.15, 0.2) is 12.7 Å². The first kappa shape index (κ1) is 17.9. The molecule has 2 N–H and O–H groups in total. The second-order valence-corrected chi connectivity index (χ2v) is 5.75. The SMILES string of the molecule is N#Cc1cccc(C(=O)OCC(=O)N2CC(C(N)=O)Oc3ccccc32)c1. The van der Waals surface area contributed by atoms with Gasteiger partial charge in [-0.3, -0.25) is 9.59 Å². The lowest BCUT2D eigenvalue weighted by Gasteiger charge is -2.33. The van der Waals surface area contributed by atoms with Crippen LogP contribution in [-0.2, 0) is 14.3 Å². The van der Waals surface area contributed by atoms with Gasteiger partial charge in [0.2, 0.25) is 0 Å². The lowest BCUT2D eigenvalue weighted by Crippen LogP contribution is -2.50. The molecule has 0 aliphatic carbocycles. The van der Waals surface area contributed by atoms with E-state index in [2.05, 4.69) is 0 Å². The van der Waals surface area contributed by atoms with Crippen molar-refractivity contribution < 1.29 is 23.9 Å². The lowest BCUT2D eigenvalue weighted by atomic mass is 10.1. The van der Waals surface area contributed by atoms with Crippen LogP contribution in [0.15, 0.2) is 48.5 Å². The fraction of sp³-hybridized carbons (Fsp3) is 0.158. The van der Waals surface area contributed by atoms with E-state index >= 15 is 0 Å². The second kappa shape index (κ2) is 7.58. The smallest absolute Gasteiger partial charge is 0.338 e. The Labute approximate surface area is 154 Å². The summed E-state index contributed by atoms with van der Waals surface area (Å²) in [7, 11) is 0. The number of rotatable bonds is 4. The largest absolute Gasteiger partial charge is 0.477 e. The van der Waals surface area contributed by atoms with Crippen LogP contribution in [0.1, 0.15) is 15.9 Å². The average molecular weight is 365 g/mol. The minimum Gasteiger partial charge on any atom is -0.477 e. The second-order valence-electron chi connectivity index (χ2n) is 5.75. The van der Waals surface area contributed by atoms with E-state index in [1.165, 1.54) is 17.0 Å². The number of carbonyl (C=O) groups is 3. The highest BCUT2D eigenvalue weighted by Gasteiger charge is 2.32. The quantitative estimate of drug-likeness (QED) is 0.806. The maximum atomic E-state index is 12.6. The van der Waals surface area contributed by atoms with Gasteiger partial charge >= 0.3 is 5.97 Å². The van der Waals surface area contributed by atoms with E-state index in [0.29, 0.717) is 17.0 Å². The predicted octanol–water partition coefficient (Wildman–Crippen LogP) is 0.995. The fourth-order valence-corrected chi connectivity index (χ4v) is 2.62. The standard InChI is InChI=1S/C19H15N3O5/c20-9-12-4-3-5-13(8-12)19(25)26-11-17(23)22-10-16(18(21)24)27-15-7-2-1-6-14(15)22/h1-8,16H,10-11H2,(H2,21,24). The van der Waals surface area contributed by atoms with Gasteiger partial charge in [0.05, 0.1) is 29.4 Å². The number of ether oxygens (including phenoxy) is 2. The van der Waals surface area contributed by atoms with E-state index in [-0.39, 0.29) is 12.1 Å². The van der Waals surface area contributed by atoms with Gasteiger partial charge in [-0.15, -0.1) is 0 Å². The zero-order valence-corrected chi connectivity index (χ0v) is 14.1. The molecule has 2 aromatic carbocycles. The van der Waals surface area contributed by atoms with Crippen LogP contribution in [0, 0.1) is 11.3 Å². The molecule has 1 unspecified atom stereocenters. The number of anilines is 1. The number of esters is 1. The maximum Gasteiger partial charge on any atom is 0.338 e. The third-order valence-corrected chi connectivity index (χ3v) is 3.95. The van der Waals surface area contributed by atoms with Gasteiger partial charge in [0, 0.05) is 0 Å². The molecule has 0 radical (unpaired) electrons. The molecule has 27 heavy (non-hydrogen) atoms. The number of nitriles is 1. The molecule has 3 rings (SSSR count). The number of nitrogens with two attached hydrogens (primary N) is 1. The lowest BCUT2D eigenvalue weighted by molar-refractivity contribution is -0.126. The topological polar surface area (TPSA) is 123 Å². The molecule has 0 spiro atoms. The van der Waals surface area contributed by atoms with Crippen LogP contribution in [0.25, 0.3) is 0 Å². The molecular weight excluding hydrogens is 350 g/mol. The van der Waals surface area contributed by atoms with Crippen molar-refractivity contribution in [3.63, 3.8) is 0 Å². The van der Waals surface area contributed by atoms with Crippen molar-refractivity contribution in [2.45, 2.75) is 6.10 Å². The summed E-state index contributed by atoms with van der Waals surface area (Å²) in [6, 6.07) is 14.6. The molecule has 8 heteroatoms. The summed E-state index contributed by atoms with van der Waals surface area (Å²) in [5.41, 5.74) is 6.23. The summed E-state index contributed by atoms with van der Waals surface area (Å²) in [5, 5.41) is 8.88. The highest BCUT2D eigenvalue weighted by Crippen LogP contribution is 2.33. The minimum absolute atomic E-state index is 0.0767. The van der Waals surface area contributed by atoms with Crippen molar-refractivity contribution >= 4 is 23.5 Å². The normalized spacial score (nSPS) is 15.1. The summed E-state index contributed by atoms with van der Waals surface area (Å²) < 4.78 is 10.5. The summed E-state index contributed by atoms with van der Waals surface area (Å²) in [6.07, 6.45) is -0.994. The van der Waals surface area contributed by atoms with Gasteiger partial charge in [-0.05, 0) is 30.3 Å². The van der Waals surface area contributed by atoms with Crippen LogP contribution >= 0.6 is 0 Å². The summed E-state index contributed by atoms with van der Waals surface area (Å²) in [4.78, 5) is 37.5. The van der Waals surface area contributed by atoms with Crippen molar-refractivity contribution in [3.8, 4) is 11.8 Å². The van der Waals surface area contributed by atoms with Crippen molar-refractivity contribution in [1.29, 1.82) is 5.26 Å². The molecule has 8 nitrogen and oxygen atoms in total. The number of primary amides is 1. The highest BCUT2D eigenvalue weighted by atomic mass is 16.5. The highest BCUT2D eigenvalue weighted by molar-refractivity contribution is 5.99. The van der Waals surface area contributed by atoms with Crippen molar-refractivity contribution in [2.24, 2.45) is 5.73 Å². The Kier molecular flexibility index (Phi) is 5.04. The summed E-state index contributed by atoms with van der Waals surface area (Å²) in [5.74, 6) is -1.61. The van der Waals surface area contributed by atoms with E-state index in [0.717, 1.165) is 0 Å². The maximum absolute atomic E-state index is 12.6. The van der Waals surface area contributed by atoms with Gasteiger partial charge in [-0.25, -0.2) is 4.79 Å². The van der Waals surface area contributed by atoms with Crippen molar-refractivity contribution in [1.82, 2.24) is 0 Å². The van der Waals surface area contributed by atoms with Gasteiger partial charge in [-0.2, -0.15) is 5.26 Å². The Bertz CT molecular complexity index is 950. The number of benzene rings is 2.